The number of rotatable bonds is 3. The van der Waals surface area contributed by atoms with Crippen molar-refractivity contribution in [2.45, 2.75) is 41.5 Å². The van der Waals surface area contributed by atoms with Gasteiger partial charge in [-0.1, -0.05) is 20.8 Å². The molecule has 130 valence electrons. The minimum atomic E-state index is -0.187. The van der Waals surface area contributed by atoms with Crippen LogP contribution in [0.2, 0.25) is 0 Å². The SMILES string of the molecule is CC(=O)/C=C(/C)[O-].CC(=O)/C=C(/C)[O-].CC(=O)/C=C(/C)[O-].[Tm+3]. The van der Waals surface area contributed by atoms with Gasteiger partial charge >= 0.3 is 36.9 Å². The Kier molecular flexibility index (Phi) is 23.6. The minimum Gasteiger partial charge on any atom is -0.876 e. The van der Waals surface area contributed by atoms with Gasteiger partial charge in [-0.05, 0) is 39.0 Å². The average Bonchev–Trinajstić information content (AvgIpc) is 2.10. The van der Waals surface area contributed by atoms with E-state index in [4.69, 9.17) is 0 Å². The largest absolute Gasteiger partial charge is 3.00 e. The number of allylic oxidation sites excluding steroid dienone is 6. The van der Waals surface area contributed by atoms with Gasteiger partial charge in [-0.3, -0.25) is 14.4 Å². The molecule has 0 aliphatic heterocycles. The summed E-state index contributed by atoms with van der Waals surface area (Å²) in [6, 6.07) is 0. The average molecular weight is 466 g/mol. The van der Waals surface area contributed by atoms with E-state index in [2.05, 4.69) is 0 Å². The first-order valence-corrected chi connectivity index (χ1v) is 5.96. The molecule has 0 amide bonds. The molecule has 0 fully saturated rings. The first kappa shape index (κ1) is 28.9. The maximum atomic E-state index is 9.98. The van der Waals surface area contributed by atoms with Crippen molar-refractivity contribution in [2.75, 3.05) is 0 Å². The Hall–Kier alpha value is -1.14. The molecule has 0 spiro atoms. The van der Waals surface area contributed by atoms with Crippen molar-refractivity contribution in [3.63, 3.8) is 0 Å². The number of hydrogen-bond acceptors (Lipinski definition) is 6. The number of ketones is 3. The molecule has 0 saturated carbocycles. The molecule has 0 bridgehead atoms. The van der Waals surface area contributed by atoms with Crippen LogP contribution in [-0.2, 0) is 14.4 Å². The van der Waals surface area contributed by atoms with E-state index in [0.717, 1.165) is 18.2 Å². The predicted octanol–water partition coefficient (Wildman–Crippen LogP) is -0.481. The van der Waals surface area contributed by atoms with E-state index < -0.39 is 0 Å². The second-order valence-corrected chi connectivity index (χ2v) is 4.10. The Morgan fingerprint density at radius 1 is 0.545 bits per heavy atom. The van der Waals surface area contributed by atoms with Crippen molar-refractivity contribution in [3.05, 3.63) is 35.5 Å². The van der Waals surface area contributed by atoms with Gasteiger partial charge in [0.25, 0.3) is 0 Å². The van der Waals surface area contributed by atoms with Crippen LogP contribution in [0.4, 0.5) is 0 Å². The molecule has 0 aliphatic rings. The second-order valence-electron chi connectivity index (χ2n) is 4.10. The molecular formula is C15H21O6Tm. The minimum absolute atomic E-state index is 0. The van der Waals surface area contributed by atoms with Crippen LogP contribution in [0.3, 0.4) is 0 Å². The van der Waals surface area contributed by atoms with Gasteiger partial charge in [-0.2, -0.15) is 0 Å². The van der Waals surface area contributed by atoms with Crippen molar-refractivity contribution >= 4 is 17.3 Å². The Balaban J connectivity index is -0.000000108. The summed E-state index contributed by atoms with van der Waals surface area (Å²) in [5.41, 5.74) is 0. The molecular weight excluding hydrogens is 445 g/mol. The molecule has 0 rings (SSSR count). The summed E-state index contributed by atoms with van der Waals surface area (Å²) in [5.74, 6) is -1.12. The van der Waals surface area contributed by atoms with Crippen LogP contribution in [0, 0.1) is 36.9 Å². The normalized spacial score (nSPS) is 10.9. The molecule has 22 heavy (non-hydrogen) atoms. The molecule has 0 heterocycles. The van der Waals surface area contributed by atoms with Crippen molar-refractivity contribution < 1.29 is 66.6 Å². The summed E-state index contributed by atoms with van der Waals surface area (Å²) in [7, 11) is 0. The summed E-state index contributed by atoms with van der Waals surface area (Å²) >= 11 is 0. The molecule has 0 atom stereocenters. The molecule has 6 nitrogen and oxygen atoms in total. The van der Waals surface area contributed by atoms with Gasteiger partial charge in [-0.25, -0.2) is 0 Å². The van der Waals surface area contributed by atoms with E-state index in [1.807, 2.05) is 0 Å². The van der Waals surface area contributed by atoms with Crippen LogP contribution in [-0.4, -0.2) is 17.3 Å². The van der Waals surface area contributed by atoms with Gasteiger partial charge in [0.15, 0.2) is 17.3 Å². The Bertz CT molecular complexity index is 368. The number of carbonyl (C=O) groups is 3. The topological polar surface area (TPSA) is 120 Å². The maximum Gasteiger partial charge on any atom is 3.00 e. The molecule has 0 aromatic rings. The standard InChI is InChI=1S/3C5H8O2.Tm/c3*1-4(6)3-5(2)7;/h3*3,6H,1-2H3;/q;;;+3/p-3/b3*4-3-;. The third-order valence-electron chi connectivity index (χ3n) is 1.22. The molecule has 0 aliphatic carbocycles. The summed E-state index contributed by atoms with van der Waals surface area (Å²) in [6.45, 7) is 8.09. The second kappa shape index (κ2) is 17.9. The van der Waals surface area contributed by atoms with Crippen LogP contribution >= 0.6 is 0 Å². The predicted molar refractivity (Wildman–Crippen MR) is 73.3 cm³/mol. The smallest absolute Gasteiger partial charge is 0.876 e. The van der Waals surface area contributed by atoms with E-state index in [1.165, 1.54) is 41.5 Å². The molecule has 0 saturated heterocycles. The molecule has 0 N–H and O–H groups in total. The summed E-state index contributed by atoms with van der Waals surface area (Å²) in [4.78, 5) is 29.9. The van der Waals surface area contributed by atoms with E-state index in [1.54, 1.807) is 0 Å². The first-order valence-electron chi connectivity index (χ1n) is 5.96. The molecule has 0 aromatic heterocycles. The van der Waals surface area contributed by atoms with E-state index in [0.29, 0.717) is 0 Å². The quantitative estimate of drug-likeness (QED) is 0.409. The Labute approximate surface area is 160 Å². The fourth-order valence-electron chi connectivity index (χ4n) is 0.859. The van der Waals surface area contributed by atoms with Crippen molar-refractivity contribution in [1.29, 1.82) is 0 Å². The zero-order valence-corrected chi connectivity index (χ0v) is 15.2. The van der Waals surface area contributed by atoms with Crippen LogP contribution in [0.15, 0.2) is 35.5 Å². The fourth-order valence-corrected chi connectivity index (χ4v) is 0.859. The molecule has 0 aromatic carbocycles. The van der Waals surface area contributed by atoms with Crippen LogP contribution < -0.4 is 15.3 Å². The molecule has 0 radical (unpaired) electrons. The van der Waals surface area contributed by atoms with Crippen LogP contribution in [0.25, 0.3) is 0 Å². The third kappa shape index (κ3) is 51.0. The van der Waals surface area contributed by atoms with Gasteiger partial charge in [-0.15, -0.1) is 17.3 Å². The van der Waals surface area contributed by atoms with Crippen LogP contribution in [0.5, 0.6) is 0 Å². The number of carbonyl (C=O) groups excluding carboxylic acids is 3. The summed E-state index contributed by atoms with van der Waals surface area (Å²) in [6.07, 6.45) is 3.17. The van der Waals surface area contributed by atoms with Crippen molar-refractivity contribution in [3.8, 4) is 0 Å². The Morgan fingerprint density at radius 2 is 0.682 bits per heavy atom. The molecule has 0 unspecified atom stereocenters. The van der Waals surface area contributed by atoms with Gasteiger partial charge in [0.1, 0.15) is 0 Å². The first-order chi connectivity index (χ1) is 9.38. The fraction of sp³-hybridized carbons (Fsp3) is 0.400. The van der Waals surface area contributed by atoms with E-state index in [-0.39, 0.29) is 71.5 Å². The van der Waals surface area contributed by atoms with Gasteiger partial charge in [0.05, 0.1) is 0 Å². The summed E-state index contributed by atoms with van der Waals surface area (Å²) in [5, 5.41) is 29.9. The maximum absolute atomic E-state index is 9.98. The van der Waals surface area contributed by atoms with Gasteiger partial charge < -0.3 is 15.3 Å². The zero-order chi connectivity index (χ0) is 17.6. The third-order valence-corrected chi connectivity index (χ3v) is 1.22. The van der Waals surface area contributed by atoms with Crippen molar-refractivity contribution in [2.24, 2.45) is 0 Å². The monoisotopic (exact) mass is 466 g/mol. The van der Waals surface area contributed by atoms with Gasteiger partial charge in [0, 0.05) is 0 Å². The number of hydrogen-bond donors (Lipinski definition) is 0. The Morgan fingerprint density at radius 3 is 0.682 bits per heavy atom. The molecule has 7 heteroatoms. The summed E-state index contributed by atoms with van der Waals surface area (Å²) < 4.78 is 0. The van der Waals surface area contributed by atoms with Crippen LogP contribution in [0.1, 0.15) is 41.5 Å². The van der Waals surface area contributed by atoms with Crippen molar-refractivity contribution in [1.82, 2.24) is 0 Å². The zero-order valence-electron chi connectivity index (χ0n) is 13.5. The van der Waals surface area contributed by atoms with E-state index in [9.17, 15) is 29.7 Å². The van der Waals surface area contributed by atoms with Gasteiger partial charge in [0.2, 0.25) is 0 Å². The van der Waals surface area contributed by atoms with E-state index >= 15 is 0 Å².